The van der Waals surface area contributed by atoms with Crippen molar-refractivity contribution < 1.29 is 27.1 Å². The third-order valence-electron chi connectivity index (χ3n) is 6.22. The second kappa shape index (κ2) is 8.54. The third-order valence-corrected chi connectivity index (χ3v) is 7.61. The molecule has 2 aromatic rings. The lowest BCUT2D eigenvalue weighted by Gasteiger charge is -2.19. The van der Waals surface area contributed by atoms with E-state index in [1.54, 1.807) is 13.0 Å². The summed E-state index contributed by atoms with van der Waals surface area (Å²) in [5, 5.41) is 0. The van der Waals surface area contributed by atoms with Crippen LogP contribution in [-0.2, 0) is 26.2 Å². The summed E-state index contributed by atoms with van der Waals surface area (Å²) in [4.78, 5) is 26.7. The summed E-state index contributed by atoms with van der Waals surface area (Å²) in [5.41, 5.74) is 1.18. The van der Waals surface area contributed by atoms with E-state index in [0.29, 0.717) is 11.1 Å². The maximum Gasteiger partial charge on any atom is 0.265 e. The first-order valence-corrected chi connectivity index (χ1v) is 12.0. The van der Waals surface area contributed by atoms with E-state index in [2.05, 4.69) is 4.72 Å². The van der Waals surface area contributed by atoms with E-state index in [-0.39, 0.29) is 46.5 Å². The lowest BCUT2D eigenvalue weighted by molar-refractivity contribution is -0.140. The van der Waals surface area contributed by atoms with Crippen LogP contribution >= 0.6 is 0 Å². The molecule has 32 heavy (non-hydrogen) atoms. The molecule has 0 aromatic heterocycles. The molecule has 170 valence electrons. The number of carbonyl (C=O) groups excluding carboxylic acids is 2. The minimum atomic E-state index is -4.08. The molecule has 4 rings (SSSR count). The van der Waals surface area contributed by atoms with E-state index in [0.717, 1.165) is 25.7 Å². The number of carbonyl (C=O) groups is 2. The molecule has 1 aliphatic carbocycles. The number of likely N-dealkylation sites (tertiary alicyclic amines) is 1. The Bertz CT molecular complexity index is 1160. The molecule has 0 radical (unpaired) electrons. The zero-order valence-electron chi connectivity index (χ0n) is 17.9. The smallest absolute Gasteiger partial charge is 0.265 e. The number of rotatable bonds is 6. The second-order valence-corrected chi connectivity index (χ2v) is 9.96. The van der Waals surface area contributed by atoms with E-state index in [1.165, 1.54) is 42.3 Å². The van der Waals surface area contributed by atoms with Crippen molar-refractivity contribution in [2.24, 2.45) is 11.8 Å². The van der Waals surface area contributed by atoms with Crippen LogP contribution in [0.1, 0.15) is 36.8 Å². The zero-order valence-corrected chi connectivity index (χ0v) is 18.7. The Hall–Kier alpha value is -2.94. The van der Waals surface area contributed by atoms with Gasteiger partial charge in [0.05, 0.1) is 31.2 Å². The topological polar surface area (TPSA) is 92.8 Å². The van der Waals surface area contributed by atoms with E-state index in [1.807, 2.05) is 0 Å². The van der Waals surface area contributed by atoms with Crippen molar-refractivity contribution in [2.45, 2.75) is 44.0 Å². The molecule has 2 atom stereocenters. The molecule has 1 N–H and O–H groups in total. The predicted molar refractivity (Wildman–Crippen MR) is 116 cm³/mol. The fourth-order valence-electron chi connectivity index (χ4n) is 4.54. The van der Waals surface area contributed by atoms with Gasteiger partial charge in [-0.1, -0.05) is 18.9 Å². The van der Waals surface area contributed by atoms with Crippen LogP contribution in [0.4, 0.5) is 10.1 Å². The van der Waals surface area contributed by atoms with Gasteiger partial charge in [-0.15, -0.1) is 0 Å². The summed E-state index contributed by atoms with van der Waals surface area (Å²) in [5.74, 6) is -1.24. The molecule has 1 saturated heterocycles. The normalized spacial score (nSPS) is 20.9. The molecule has 0 bridgehead atoms. The Morgan fingerprint density at radius 3 is 2.31 bits per heavy atom. The van der Waals surface area contributed by atoms with Crippen molar-refractivity contribution in [3.8, 4) is 5.75 Å². The highest BCUT2D eigenvalue weighted by atomic mass is 32.2. The lowest BCUT2D eigenvalue weighted by Crippen LogP contribution is -2.30. The van der Waals surface area contributed by atoms with Crippen LogP contribution in [0.15, 0.2) is 41.3 Å². The van der Waals surface area contributed by atoms with Gasteiger partial charge in [0.15, 0.2) is 0 Å². The van der Waals surface area contributed by atoms with E-state index in [9.17, 15) is 22.4 Å². The highest BCUT2D eigenvalue weighted by Gasteiger charge is 2.47. The van der Waals surface area contributed by atoms with Crippen molar-refractivity contribution in [3.05, 3.63) is 53.3 Å². The number of nitrogens with one attached hydrogen (secondary N) is 1. The SMILES string of the molecule is COc1ccc(CN2C(=O)C3CCCCC3C2=O)cc1S(=O)(=O)Nc1ccc(F)cc1C. The highest BCUT2D eigenvalue weighted by molar-refractivity contribution is 7.92. The molecular weight excluding hydrogens is 435 g/mol. The van der Waals surface area contributed by atoms with Crippen LogP contribution in [0.25, 0.3) is 0 Å². The molecule has 2 fully saturated rings. The lowest BCUT2D eigenvalue weighted by atomic mass is 9.81. The molecule has 2 amide bonds. The van der Waals surface area contributed by atoms with Gasteiger partial charge in [0.2, 0.25) is 11.8 Å². The summed E-state index contributed by atoms with van der Waals surface area (Å²) in [6.07, 6.45) is 3.31. The molecule has 2 aromatic carbocycles. The van der Waals surface area contributed by atoms with Crippen LogP contribution in [0.2, 0.25) is 0 Å². The van der Waals surface area contributed by atoms with Gasteiger partial charge in [0.25, 0.3) is 10.0 Å². The van der Waals surface area contributed by atoms with Gasteiger partial charge >= 0.3 is 0 Å². The van der Waals surface area contributed by atoms with Gasteiger partial charge in [-0.05, 0) is 61.2 Å². The molecule has 1 saturated carbocycles. The van der Waals surface area contributed by atoms with Crippen LogP contribution < -0.4 is 9.46 Å². The summed E-state index contributed by atoms with van der Waals surface area (Å²) in [7, 11) is -2.72. The van der Waals surface area contributed by atoms with E-state index < -0.39 is 15.8 Å². The number of sulfonamides is 1. The average Bonchev–Trinajstić information content (AvgIpc) is 3.01. The highest BCUT2D eigenvalue weighted by Crippen LogP contribution is 2.39. The van der Waals surface area contributed by atoms with Crippen LogP contribution in [0.3, 0.4) is 0 Å². The minimum Gasteiger partial charge on any atom is -0.495 e. The summed E-state index contributed by atoms with van der Waals surface area (Å²) < 4.78 is 47.3. The average molecular weight is 461 g/mol. The molecule has 2 aliphatic rings. The number of anilines is 1. The van der Waals surface area contributed by atoms with Crippen LogP contribution in [0, 0.1) is 24.6 Å². The Labute approximate surface area is 186 Å². The number of aryl methyl sites for hydroxylation is 1. The number of benzene rings is 2. The Morgan fingerprint density at radius 1 is 1.06 bits per heavy atom. The number of fused-ring (bicyclic) bond motifs is 1. The van der Waals surface area contributed by atoms with Crippen molar-refractivity contribution >= 4 is 27.5 Å². The number of amides is 2. The van der Waals surface area contributed by atoms with Gasteiger partial charge in [-0.25, -0.2) is 12.8 Å². The van der Waals surface area contributed by atoms with E-state index in [4.69, 9.17) is 4.74 Å². The van der Waals surface area contributed by atoms with Gasteiger partial charge in [0.1, 0.15) is 16.5 Å². The third kappa shape index (κ3) is 4.09. The fraction of sp³-hybridized carbons (Fsp3) is 0.391. The van der Waals surface area contributed by atoms with Crippen LogP contribution in [0.5, 0.6) is 5.75 Å². The molecule has 1 aliphatic heterocycles. The number of hydrogen-bond acceptors (Lipinski definition) is 5. The van der Waals surface area contributed by atoms with Crippen molar-refractivity contribution in [1.29, 1.82) is 0 Å². The molecule has 7 nitrogen and oxygen atoms in total. The van der Waals surface area contributed by atoms with Crippen molar-refractivity contribution in [3.63, 3.8) is 0 Å². The Kier molecular flexibility index (Phi) is 5.94. The van der Waals surface area contributed by atoms with Gasteiger partial charge in [-0.2, -0.15) is 0 Å². The standard InChI is InChI=1S/C23H25FN2O5S/c1-14-11-16(24)8-9-19(14)25-32(29,30)21-12-15(7-10-20(21)31-2)13-26-22(27)17-5-3-4-6-18(17)23(26)28/h7-12,17-18,25H,3-6,13H2,1-2H3. The predicted octanol–water partition coefficient (Wildman–Crippen LogP) is 3.62. The molecule has 9 heteroatoms. The summed E-state index contributed by atoms with van der Waals surface area (Å²) >= 11 is 0. The molecule has 2 unspecified atom stereocenters. The number of imide groups is 1. The zero-order chi connectivity index (χ0) is 23.0. The monoisotopic (exact) mass is 460 g/mol. The Balaban J connectivity index is 1.63. The summed E-state index contributed by atoms with van der Waals surface area (Å²) in [6, 6.07) is 8.30. The fourth-order valence-corrected chi connectivity index (χ4v) is 5.89. The first-order valence-electron chi connectivity index (χ1n) is 10.5. The van der Waals surface area contributed by atoms with E-state index >= 15 is 0 Å². The quantitative estimate of drug-likeness (QED) is 0.665. The maximum atomic E-state index is 13.4. The largest absolute Gasteiger partial charge is 0.495 e. The molecule has 1 heterocycles. The van der Waals surface area contributed by atoms with Gasteiger partial charge in [-0.3, -0.25) is 19.2 Å². The molecule has 0 spiro atoms. The first kappa shape index (κ1) is 22.3. The van der Waals surface area contributed by atoms with Gasteiger partial charge in [0, 0.05) is 0 Å². The minimum absolute atomic E-state index is 0.00670. The number of ether oxygens (including phenoxy) is 1. The van der Waals surface area contributed by atoms with Crippen molar-refractivity contribution in [2.75, 3.05) is 11.8 Å². The van der Waals surface area contributed by atoms with Crippen LogP contribution in [-0.4, -0.2) is 32.2 Å². The Morgan fingerprint density at radius 2 is 1.72 bits per heavy atom. The number of methoxy groups -OCH3 is 1. The second-order valence-electron chi connectivity index (χ2n) is 8.31. The number of nitrogens with zero attached hydrogens (tertiary/aromatic N) is 1. The number of hydrogen-bond donors (Lipinski definition) is 1. The summed E-state index contributed by atoms with van der Waals surface area (Å²) in [6.45, 7) is 1.60. The van der Waals surface area contributed by atoms with Gasteiger partial charge < -0.3 is 4.74 Å². The molecular formula is C23H25FN2O5S. The van der Waals surface area contributed by atoms with Crippen molar-refractivity contribution in [1.82, 2.24) is 4.90 Å². The maximum absolute atomic E-state index is 13.4. The number of halogens is 1. The first-order chi connectivity index (χ1) is 15.2.